The summed E-state index contributed by atoms with van der Waals surface area (Å²) in [6.07, 6.45) is 1.23. The van der Waals surface area contributed by atoms with Crippen LogP contribution < -0.4 is 0 Å². The van der Waals surface area contributed by atoms with Crippen molar-refractivity contribution in [2.45, 2.75) is 38.0 Å². The number of aliphatic hydroxyl groups excluding tert-OH is 2. The molecular formula is C10H20O3Si. The zero-order valence-corrected chi connectivity index (χ0v) is 10.2. The molecule has 1 saturated carbocycles. The van der Waals surface area contributed by atoms with E-state index in [9.17, 15) is 15.0 Å². The van der Waals surface area contributed by atoms with E-state index in [1.807, 2.05) is 0 Å². The molecule has 0 aromatic rings. The molecule has 2 N–H and O–H groups in total. The van der Waals surface area contributed by atoms with Crippen LogP contribution in [0.5, 0.6) is 0 Å². The predicted molar refractivity (Wildman–Crippen MR) is 57.9 cm³/mol. The second-order valence-electron chi connectivity index (χ2n) is 5.49. The first-order valence-electron chi connectivity index (χ1n) is 5.11. The molecule has 14 heavy (non-hydrogen) atoms. The Balaban J connectivity index is 2.83. The van der Waals surface area contributed by atoms with Gasteiger partial charge < -0.3 is 10.2 Å². The molecule has 1 aliphatic carbocycles. The number of ketones is 1. The molecule has 0 saturated heterocycles. The van der Waals surface area contributed by atoms with Gasteiger partial charge in [0.05, 0.1) is 18.6 Å². The lowest BCUT2D eigenvalue weighted by molar-refractivity contribution is -0.130. The van der Waals surface area contributed by atoms with Crippen LogP contribution in [-0.2, 0) is 4.79 Å². The van der Waals surface area contributed by atoms with Gasteiger partial charge in [0, 0.05) is 14.5 Å². The van der Waals surface area contributed by atoms with E-state index in [2.05, 4.69) is 19.6 Å². The molecule has 0 aromatic carbocycles. The summed E-state index contributed by atoms with van der Waals surface area (Å²) in [5.41, 5.74) is -0.417. The maximum absolute atomic E-state index is 11.7. The third kappa shape index (κ3) is 1.92. The number of Topliss-reactive ketones (excluding diaryl/α,β-unsaturated/α-hetero) is 1. The third-order valence-electron chi connectivity index (χ3n) is 3.49. The quantitative estimate of drug-likeness (QED) is 0.693. The molecular weight excluding hydrogens is 196 g/mol. The number of rotatable bonds is 3. The Hall–Kier alpha value is -0.193. The van der Waals surface area contributed by atoms with Crippen LogP contribution in [0.1, 0.15) is 12.8 Å². The lowest BCUT2D eigenvalue weighted by Crippen LogP contribution is -2.34. The number of carbonyl (C=O) groups excluding carboxylic acids is 1. The van der Waals surface area contributed by atoms with E-state index in [0.717, 1.165) is 0 Å². The Bertz CT molecular complexity index is 228. The van der Waals surface area contributed by atoms with Crippen molar-refractivity contribution < 1.29 is 15.0 Å². The topological polar surface area (TPSA) is 57.5 Å². The summed E-state index contributed by atoms with van der Waals surface area (Å²) in [4.78, 5) is 11.7. The van der Waals surface area contributed by atoms with Gasteiger partial charge in [-0.25, -0.2) is 0 Å². The lowest BCUT2D eigenvalue weighted by atomic mass is 9.87. The summed E-state index contributed by atoms with van der Waals surface area (Å²) in [7, 11) is -1.33. The first kappa shape index (κ1) is 11.9. The SMILES string of the molecule is C[Si](C)(C)C1CC(=O)C(CO)(CO)C1. The second-order valence-corrected chi connectivity index (χ2v) is 11.0. The summed E-state index contributed by atoms with van der Waals surface area (Å²) in [6.45, 7) is 6.29. The number of aliphatic hydroxyl groups is 2. The highest BCUT2D eigenvalue weighted by molar-refractivity contribution is 6.77. The highest BCUT2D eigenvalue weighted by Crippen LogP contribution is 2.46. The van der Waals surface area contributed by atoms with Crippen molar-refractivity contribution in [2.75, 3.05) is 13.2 Å². The van der Waals surface area contributed by atoms with Gasteiger partial charge in [0.1, 0.15) is 5.78 Å². The normalized spacial score (nSPS) is 26.9. The minimum atomic E-state index is -1.33. The molecule has 0 aromatic heterocycles. The molecule has 1 rings (SSSR count). The summed E-state index contributed by atoms with van der Waals surface area (Å²) >= 11 is 0. The Morgan fingerprint density at radius 1 is 1.36 bits per heavy atom. The van der Waals surface area contributed by atoms with Gasteiger partial charge >= 0.3 is 0 Å². The van der Waals surface area contributed by atoms with Crippen LogP contribution in [0.4, 0.5) is 0 Å². The maximum Gasteiger partial charge on any atom is 0.143 e. The van der Waals surface area contributed by atoms with Crippen molar-refractivity contribution in [3.05, 3.63) is 0 Å². The zero-order chi connectivity index (χ0) is 11.0. The summed E-state index contributed by atoms with van der Waals surface area (Å²) in [6, 6.07) is 0. The molecule has 3 nitrogen and oxygen atoms in total. The van der Waals surface area contributed by atoms with E-state index < -0.39 is 13.5 Å². The minimum Gasteiger partial charge on any atom is -0.395 e. The van der Waals surface area contributed by atoms with Gasteiger partial charge in [0.15, 0.2) is 0 Å². The first-order chi connectivity index (χ1) is 6.35. The Labute approximate surface area is 86.1 Å². The molecule has 0 heterocycles. The number of hydrogen-bond acceptors (Lipinski definition) is 3. The second kappa shape index (κ2) is 3.75. The van der Waals surface area contributed by atoms with E-state index in [4.69, 9.17) is 0 Å². The Kier molecular flexibility index (Phi) is 3.19. The highest BCUT2D eigenvalue weighted by atomic mass is 28.3. The molecule has 82 valence electrons. The number of carbonyl (C=O) groups is 1. The Morgan fingerprint density at radius 3 is 2.07 bits per heavy atom. The van der Waals surface area contributed by atoms with Gasteiger partial charge in [-0.05, 0) is 12.0 Å². The van der Waals surface area contributed by atoms with Gasteiger partial charge in [-0.2, -0.15) is 0 Å². The molecule has 0 aliphatic heterocycles. The summed E-state index contributed by atoms with van der Waals surface area (Å²) in [5.74, 6) is 0.0509. The monoisotopic (exact) mass is 216 g/mol. The average molecular weight is 216 g/mol. The smallest absolute Gasteiger partial charge is 0.143 e. The van der Waals surface area contributed by atoms with E-state index in [0.29, 0.717) is 18.4 Å². The summed E-state index contributed by atoms with van der Waals surface area (Å²) in [5, 5.41) is 18.4. The van der Waals surface area contributed by atoms with Crippen molar-refractivity contribution in [1.82, 2.24) is 0 Å². The van der Waals surface area contributed by atoms with Gasteiger partial charge in [-0.3, -0.25) is 4.79 Å². The molecule has 0 amide bonds. The predicted octanol–water partition coefficient (Wildman–Crippen LogP) is 1.03. The minimum absolute atomic E-state index is 0.0509. The molecule has 4 heteroatoms. The first-order valence-corrected chi connectivity index (χ1v) is 8.68. The van der Waals surface area contributed by atoms with Crippen LogP contribution in [0.15, 0.2) is 0 Å². The van der Waals surface area contributed by atoms with Gasteiger partial charge in [0.25, 0.3) is 0 Å². The van der Waals surface area contributed by atoms with Crippen molar-refractivity contribution >= 4 is 13.9 Å². The molecule has 0 bridgehead atoms. The lowest BCUT2D eigenvalue weighted by Gasteiger charge is -2.27. The van der Waals surface area contributed by atoms with Gasteiger partial charge in [-0.15, -0.1) is 0 Å². The van der Waals surface area contributed by atoms with Crippen molar-refractivity contribution in [3.63, 3.8) is 0 Å². The van der Waals surface area contributed by atoms with E-state index >= 15 is 0 Å². The third-order valence-corrected chi connectivity index (χ3v) is 6.35. The van der Waals surface area contributed by atoms with E-state index in [1.54, 1.807) is 0 Å². The molecule has 1 fully saturated rings. The van der Waals surface area contributed by atoms with E-state index in [-0.39, 0.29) is 19.0 Å². The fraction of sp³-hybridized carbons (Fsp3) is 0.900. The van der Waals surface area contributed by atoms with Crippen LogP contribution in [0.25, 0.3) is 0 Å². The van der Waals surface area contributed by atoms with Crippen molar-refractivity contribution in [3.8, 4) is 0 Å². The Morgan fingerprint density at radius 2 is 1.86 bits per heavy atom. The van der Waals surface area contributed by atoms with Crippen LogP contribution in [0.3, 0.4) is 0 Å². The van der Waals surface area contributed by atoms with Crippen LogP contribution in [-0.4, -0.2) is 37.3 Å². The summed E-state index contributed by atoms with van der Waals surface area (Å²) < 4.78 is 0. The molecule has 0 spiro atoms. The molecule has 0 radical (unpaired) electrons. The molecule has 1 unspecified atom stereocenters. The fourth-order valence-electron chi connectivity index (χ4n) is 2.07. The molecule has 1 aliphatic rings. The van der Waals surface area contributed by atoms with Crippen LogP contribution in [0, 0.1) is 5.41 Å². The van der Waals surface area contributed by atoms with Crippen molar-refractivity contribution in [2.24, 2.45) is 5.41 Å². The van der Waals surface area contributed by atoms with Gasteiger partial charge in [0.2, 0.25) is 0 Å². The highest BCUT2D eigenvalue weighted by Gasteiger charge is 2.49. The van der Waals surface area contributed by atoms with Crippen LogP contribution >= 0.6 is 0 Å². The van der Waals surface area contributed by atoms with E-state index in [1.165, 1.54) is 0 Å². The standard InChI is InChI=1S/C10H20O3Si/c1-14(2,3)8-4-9(13)10(5-8,6-11)7-12/h8,11-12H,4-7H2,1-3H3. The maximum atomic E-state index is 11.7. The number of hydrogen-bond donors (Lipinski definition) is 2. The van der Waals surface area contributed by atoms with Gasteiger partial charge in [-0.1, -0.05) is 19.6 Å². The average Bonchev–Trinajstić information content (AvgIpc) is 2.43. The van der Waals surface area contributed by atoms with Crippen LogP contribution in [0.2, 0.25) is 25.2 Å². The zero-order valence-electron chi connectivity index (χ0n) is 9.21. The van der Waals surface area contributed by atoms with Crippen molar-refractivity contribution in [1.29, 1.82) is 0 Å². The molecule has 1 atom stereocenters. The largest absolute Gasteiger partial charge is 0.395 e. The fourth-order valence-corrected chi connectivity index (χ4v) is 3.87.